The SMILES string of the molecule is C[C@@H](NCCCC(C)(C)C#N)c1ccc(Br)cc1. The van der Waals surface area contributed by atoms with Gasteiger partial charge in [0.15, 0.2) is 0 Å². The molecule has 0 unspecified atom stereocenters. The van der Waals surface area contributed by atoms with Crippen LogP contribution in [0.5, 0.6) is 0 Å². The van der Waals surface area contributed by atoms with Crippen LogP contribution in [0.3, 0.4) is 0 Å². The first-order chi connectivity index (χ1) is 8.44. The van der Waals surface area contributed by atoms with Gasteiger partial charge in [0.1, 0.15) is 0 Å². The average Bonchev–Trinajstić information content (AvgIpc) is 2.35. The zero-order valence-corrected chi connectivity index (χ0v) is 12.9. The van der Waals surface area contributed by atoms with Crippen molar-refractivity contribution < 1.29 is 0 Å². The number of nitrogens with one attached hydrogen (secondary N) is 1. The van der Waals surface area contributed by atoms with Crippen molar-refractivity contribution in [3.8, 4) is 6.07 Å². The van der Waals surface area contributed by atoms with Gasteiger partial charge >= 0.3 is 0 Å². The van der Waals surface area contributed by atoms with E-state index in [9.17, 15) is 0 Å². The molecule has 3 heteroatoms. The lowest BCUT2D eigenvalue weighted by Crippen LogP contribution is -2.21. The van der Waals surface area contributed by atoms with Crippen LogP contribution >= 0.6 is 15.9 Å². The molecule has 1 aromatic carbocycles. The van der Waals surface area contributed by atoms with E-state index in [1.54, 1.807) is 0 Å². The number of halogens is 1. The molecule has 2 nitrogen and oxygen atoms in total. The monoisotopic (exact) mass is 308 g/mol. The molecule has 0 aliphatic carbocycles. The highest BCUT2D eigenvalue weighted by Gasteiger charge is 2.15. The minimum absolute atomic E-state index is 0.206. The van der Waals surface area contributed by atoms with Gasteiger partial charge in [0.25, 0.3) is 0 Å². The molecular formula is C15H21BrN2. The summed E-state index contributed by atoms with van der Waals surface area (Å²) in [4.78, 5) is 0. The zero-order valence-electron chi connectivity index (χ0n) is 11.3. The fourth-order valence-corrected chi connectivity index (χ4v) is 2.04. The van der Waals surface area contributed by atoms with Crippen LogP contribution in [-0.4, -0.2) is 6.54 Å². The molecule has 0 amide bonds. The molecule has 18 heavy (non-hydrogen) atoms. The third-order valence-corrected chi connectivity index (χ3v) is 3.63. The number of nitrogens with zero attached hydrogens (tertiary/aromatic N) is 1. The van der Waals surface area contributed by atoms with Crippen molar-refractivity contribution in [3.63, 3.8) is 0 Å². The number of nitriles is 1. The highest BCUT2D eigenvalue weighted by molar-refractivity contribution is 9.10. The van der Waals surface area contributed by atoms with Crippen molar-refractivity contribution in [1.29, 1.82) is 5.26 Å². The third-order valence-electron chi connectivity index (χ3n) is 3.10. The summed E-state index contributed by atoms with van der Waals surface area (Å²) in [5.41, 5.74) is 1.08. The summed E-state index contributed by atoms with van der Waals surface area (Å²) < 4.78 is 1.11. The lowest BCUT2D eigenvalue weighted by molar-refractivity contribution is 0.417. The van der Waals surface area contributed by atoms with Crippen molar-refractivity contribution in [3.05, 3.63) is 34.3 Å². The maximum atomic E-state index is 8.93. The first-order valence-corrected chi connectivity index (χ1v) is 7.14. The molecule has 1 rings (SSSR count). The summed E-state index contributed by atoms with van der Waals surface area (Å²) in [6.07, 6.45) is 1.96. The minimum atomic E-state index is -0.206. The van der Waals surface area contributed by atoms with Crippen LogP contribution in [-0.2, 0) is 0 Å². The third kappa shape index (κ3) is 5.20. The second-order valence-corrected chi connectivity index (χ2v) is 6.24. The van der Waals surface area contributed by atoms with Gasteiger partial charge in [-0.05, 0) is 57.9 Å². The van der Waals surface area contributed by atoms with E-state index < -0.39 is 0 Å². The molecular weight excluding hydrogens is 288 g/mol. The van der Waals surface area contributed by atoms with Gasteiger partial charge in [0.05, 0.1) is 11.5 Å². The predicted octanol–water partition coefficient (Wildman–Crippen LogP) is 4.43. The summed E-state index contributed by atoms with van der Waals surface area (Å²) in [6.45, 7) is 7.09. The Hall–Kier alpha value is -0.850. The Labute approximate surface area is 119 Å². The van der Waals surface area contributed by atoms with Crippen molar-refractivity contribution in [2.75, 3.05) is 6.54 Å². The second kappa shape index (κ2) is 6.92. The number of benzene rings is 1. The molecule has 0 saturated heterocycles. The Morgan fingerprint density at radius 3 is 2.50 bits per heavy atom. The van der Waals surface area contributed by atoms with E-state index in [4.69, 9.17) is 5.26 Å². The molecule has 0 saturated carbocycles. The molecule has 98 valence electrons. The molecule has 0 radical (unpaired) electrons. The van der Waals surface area contributed by atoms with E-state index in [1.807, 2.05) is 13.8 Å². The summed E-state index contributed by atoms with van der Waals surface area (Å²) in [5, 5.41) is 12.4. The number of rotatable bonds is 6. The summed E-state index contributed by atoms with van der Waals surface area (Å²) in [5.74, 6) is 0. The Bertz CT molecular complexity index is 403. The standard InChI is InChI=1S/C15H21BrN2/c1-12(13-5-7-14(16)8-6-13)18-10-4-9-15(2,3)11-17/h5-8,12,18H,4,9-10H2,1-3H3/t12-/m1/s1. The van der Waals surface area contributed by atoms with E-state index >= 15 is 0 Å². The highest BCUT2D eigenvalue weighted by Crippen LogP contribution is 2.21. The molecule has 1 N–H and O–H groups in total. The number of hydrogen-bond donors (Lipinski definition) is 1. The molecule has 1 atom stereocenters. The van der Waals surface area contributed by atoms with Crippen molar-refractivity contribution in [1.82, 2.24) is 5.32 Å². The summed E-state index contributed by atoms with van der Waals surface area (Å²) in [7, 11) is 0. The summed E-state index contributed by atoms with van der Waals surface area (Å²) in [6, 6.07) is 11.1. The van der Waals surface area contributed by atoms with Gasteiger partial charge in [-0.2, -0.15) is 5.26 Å². The zero-order chi connectivity index (χ0) is 13.6. The highest BCUT2D eigenvalue weighted by atomic mass is 79.9. The molecule has 0 aliphatic rings. The van der Waals surface area contributed by atoms with Crippen LogP contribution in [0.25, 0.3) is 0 Å². The molecule has 0 aromatic heterocycles. The second-order valence-electron chi connectivity index (χ2n) is 5.33. The fourth-order valence-electron chi connectivity index (χ4n) is 1.77. The van der Waals surface area contributed by atoms with E-state index in [1.165, 1.54) is 5.56 Å². The van der Waals surface area contributed by atoms with Crippen LogP contribution in [0, 0.1) is 16.7 Å². The van der Waals surface area contributed by atoms with Gasteiger partial charge in [-0.1, -0.05) is 28.1 Å². The van der Waals surface area contributed by atoms with Crippen molar-refractivity contribution >= 4 is 15.9 Å². The molecule has 0 bridgehead atoms. The maximum absolute atomic E-state index is 8.93. The van der Waals surface area contributed by atoms with Crippen LogP contribution in [0.2, 0.25) is 0 Å². The lowest BCUT2D eigenvalue weighted by Gasteiger charge is -2.17. The van der Waals surface area contributed by atoms with Crippen LogP contribution in [0.15, 0.2) is 28.7 Å². The Morgan fingerprint density at radius 1 is 1.33 bits per heavy atom. The Morgan fingerprint density at radius 2 is 1.94 bits per heavy atom. The maximum Gasteiger partial charge on any atom is 0.0683 e. The Kier molecular flexibility index (Phi) is 5.84. The quantitative estimate of drug-likeness (QED) is 0.789. The first-order valence-electron chi connectivity index (χ1n) is 6.35. The first kappa shape index (κ1) is 15.2. The largest absolute Gasteiger partial charge is 0.310 e. The van der Waals surface area contributed by atoms with Gasteiger partial charge in [0, 0.05) is 10.5 Å². The van der Waals surface area contributed by atoms with Crippen molar-refractivity contribution in [2.24, 2.45) is 5.41 Å². The minimum Gasteiger partial charge on any atom is -0.310 e. The topological polar surface area (TPSA) is 35.8 Å². The Balaban J connectivity index is 2.32. The van der Waals surface area contributed by atoms with E-state index in [0.29, 0.717) is 6.04 Å². The molecule has 0 spiro atoms. The molecule has 0 fully saturated rings. The number of hydrogen-bond acceptors (Lipinski definition) is 2. The smallest absolute Gasteiger partial charge is 0.0683 e. The van der Waals surface area contributed by atoms with Crippen LogP contribution < -0.4 is 5.32 Å². The normalized spacial score (nSPS) is 13.1. The predicted molar refractivity (Wildman–Crippen MR) is 79.2 cm³/mol. The lowest BCUT2D eigenvalue weighted by atomic mass is 9.90. The molecule has 1 aromatic rings. The molecule has 0 aliphatic heterocycles. The molecule has 0 heterocycles. The van der Waals surface area contributed by atoms with Gasteiger partial charge in [0.2, 0.25) is 0 Å². The van der Waals surface area contributed by atoms with E-state index in [0.717, 1.165) is 23.9 Å². The summed E-state index contributed by atoms with van der Waals surface area (Å²) >= 11 is 3.44. The van der Waals surface area contributed by atoms with Crippen molar-refractivity contribution in [2.45, 2.75) is 39.7 Å². The van der Waals surface area contributed by atoms with Gasteiger partial charge < -0.3 is 5.32 Å². The van der Waals surface area contributed by atoms with Gasteiger partial charge in [-0.15, -0.1) is 0 Å². The van der Waals surface area contributed by atoms with Crippen LogP contribution in [0.4, 0.5) is 0 Å². The van der Waals surface area contributed by atoms with Gasteiger partial charge in [-0.3, -0.25) is 0 Å². The van der Waals surface area contributed by atoms with E-state index in [-0.39, 0.29) is 5.41 Å². The van der Waals surface area contributed by atoms with Crippen LogP contribution in [0.1, 0.15) is 45.2 Å². The fraction of sp³-hybridized carbons (Fsp3) is 0.533. The average molecular weight is 309 g/mol. The van der Waals surface area contributed by atoms with Gasteiger partial charge in [-0.25, -0.2) is 0 Å². The van der Waals surface area contributed by atoms with E-state index in [2.05, 4.69) is 58.5 Å².